The Labute approximate surface area is 286 Å². The minimum Gasteiger partial charge on any atom is -0.481 e. The van der Waals surface area contributed by atoms with Crippen molar-refractivity contribution in [2.45, 2.75) is 13.1 Å². The highest BCUT2D eigenvalue weighted by molar-refractivity contribution is 5.76. The quantitative estimate of drug-likeness (QED) is 0.208. The maximum atomic E-state index is 12.6. The molecule has 0 saturated carbocycles. The summed E-state index contributed by atoms with van der Waals surface area (Å²) in [6.07, 6.45) is 14.9. The Kier molecular flexibility index (Phi) is 9.19. The van der Waals surface area contributed by atoms with Gasteiger partial charge in [-0.2, -0.15) is 0 Å². The highest BCUT2D eigenvalue weighted by Crippen LogP contribution is 2.23. The van der Waals surface area contributed by atoms with E-state index in [2.05, 4.69) is 29.9 Å². The van der Waals surface area contributed by atoms with Crippen molar-refractivity contribution in [3.63, 3.8) is 0 Å². The van der Waals surface area contributed by atoms with E-state index >= 15 is 0 Å². The first-order chi connectivity index (χ1) is 24.6. The van der Waals surface area contributed by atoms with Crippen molar-refractivity contribution < 1.29 is 4.74 Å². The van der Waals surface area contributed by atoms with Crippen molar-refractivity contribution in [1.82, 2.24) is 39.0 Å². The van der Waals surface area contributed by atoms with Crippen LogP contribution in [0.2, 0.25) is 0 Å². The first-order valence-electron chi connectivity index (χ1n) is 15.7. The van der Waals surface area contributed by atoms with Gasteiger partial charge in [0, 0.05) is 37.1 Å². The summed E-state index contributed by atoms with van der Waals surface area (Å²) in [5, 5.41) is 1.16. The number of ether oxygens (including phenoxy) is 1. The predicted molar refractivity (Wildman–Crippen MR) is 192 cm³/mol. The van der Waals surface area contributed by atoms with Crippen LogP contribution >= 0.6 is 0 Å². The number of hydrogen-bond acceptors (Lipinski definition) is 9. The average molecular weight is 659 g/mol. The van der Waals surface area contributed by atoms with Gasteiger partial charge in [-0.3, -0.25) is 33.7 Å². The first-order valence-corrected chi connectivity index (χ1v) is 15.7. The number of aromatic nitrogens is 8. The fraction of sp³-hybridized carbons (Fsp3) is 0.0769. The van der Waals surface area contributed by atoms with Crippen LogP contribution in [0.25, 0.3) is 44.1 Å². The molecule has 0 saturated heterocycles. The van der Waals surface area contributed by atoms with Crippen LogP contribution in [-0.4, -0.2) is 46.1 Å². The predicted octanol–water partition coefficient (Wildman–Crippen LogP) is 5.81. The molecule has 0 radical (unpaired) electrons. The van der Waals surface area contributed by atoms with E-state index in [1.54, 1.807) is 78.2 Å². The van der Waals surface area contributed by atoms with Gasteiger partial charge in [0.15, 0.2) is 0 Å². The lowest BCUT2D eigenvalue weighted by molar-refractivity contribution is 0.398. The average Bonchev–Trinajstić information content (AvgIpc) is 3.18. The third-order valence-electron chi connectivity index (χ3n) is 8.14. The lowest BCUT2D eigenvalue weighted by atomic mass is 10.0. The molecule has 11 heteroatoms. The molecule has 2 aromatic carbocycles. The molecule has 0 atom stereocenters. The number of nitrogens with zero attached hydrogens (tertiary/aromatic N) is 8. The fourth-order valence-electron chi connectivity index (χ4n) is 5.48. The number of fused-ring (bicyclic) bond motifs is 2. The minimum atomic E-state index is -0.0691. The van der Waals surface area contributed by atoms with Gasteiger partial charge in [-0.05, 0) is 57.6 Å². The van der Waals surface area contributed by atoms with Crippen LogP contribution in [-0.2, 0) is 13.1 Å². The molecular formula is C39H30N8O3. The van der Waals surface area contributed by atoms with E-state index in [1.165, 1.54) is 0 Å². The number of pyridine rings is 4. The summed E-state index contributed by atoms with van der Waals surface area (Å²) in [5.41, 5.74) is 7.42. The Morgan fingerprint density at radius 2 is 1.08 bits per heavy atom. The highest BCUT2D eigenvalue weighted by atomic mass is 16.5. The molecular weight excluding hydrogens is 628 g/mol. The summed E-state index contributed by atoms with van der Waals surface area (Å²) in [6, 6.07) is 27.3. The number of benzene rings is 2. The molecule has 0 spiro atoms. The van der Waals surface area contributed by atoms with E-state index in [4.69, 9.17) is 4.74 Å². The van der Waals surface area contributed by atoms with E-state index in [0.29, 0.717) is 40.8 Å². The zero-order chi connectivity index (χ0) is 34.3. The third kappa shape index (κ3) is 7.02. The lowest BCUT2D eigenvalue weighted by Crippen LogP contribution is -2.21. The Morgan fingerprint density at radius 3 is 1.60 bits per heavy atom. The largest absolute Gasteiger partial charge is 0.481 e. The number of hydrogen-bond donors (Lipinski definition) is 0. The number of rotatable bonds is 7. The minimum absolute atomic E-state index is 0.0567. The highest BCUT2D eigenvalue weighted by Gasteiger charge is 2.07. The fourth-order valence-corrected chi connectivity index (χ4v) is 5.48. The number of methoxy groups -OCH3 is 1. The Hall–Kier alpha value is -6.88. The van der Waals surface area contributed by atoms with Gasteiger partial charge in [0.25, 0.3) is 11.1 Å². The summed E-state index contributed by atoms with van der Waals surface area (Å²) >= 11 is 0. The van der Waals surface area contributed by atoms with Crippen LogP contribution < -0.4 is 15.9 Å². The van der Waals surface area contributed by atoms with Gasteiger partial charge in [-0.1, -0.05) is 54.6 Å². The first kappa shape index (κ1) is 31.7. The molecule has 244 valence electrons. The second-order valence-corrected chi connectivity index (χ2v) is 11.4. The molecule has 50 heavy (non-hydrogen) atoms. The molecule has 0 unspecified atom stereocenters. The Bertz CT molecular complexity index is 2520. The van der Waals surface area contributed by atoms with E-state index < -0.39 is 0 Å². The Morgan fingerprint density at radius 1 is 0.540 bits per heavy atom. The maximum Gasteiger partial charge on any atom is 0.261 e. The molecule has 0 fully saturated rings. The zero-order valence-corrected chi connectivity index (χ0v) is 27.0. The van der Waals surface area contributed by atoms with Crippen molar-refractivity contribution in [1.29, 1.82) is 0 Å². The molecule has 0 aliphatic carbocycles. The van der Waals surface area contributed by atoms with Gasteiger partial charge in [0.2, 0.25) is 5.88 Å². The molecule has 0 amide bonds. The van der Waals surface area contributed by atoms with Crippen molar-refractivity contribution in [3.05, 3.63) is 173 Å². The van der Waals surface area contributed by atoms with Gasteiger partial charge in [0.05, 0.1) is 67.1 Å². The second kappa shape index (κ2) is 14.5. The molecule has 0 N–H and O–H groups in total. The van der Waals surface area contributed by atoms with Gasteiger partial charge < -0.3 is 4.74 Å². The standard InChI is InChI=1S/C20H16N4O2.C19H14N4O/c1-26-19-10-16(6-9-22-19)15-4-2-14(3-5-15)12-24-13-23-18-11-21-8-7-17(18)20(24)25;24-19-17-7-9-21-11-18(17)22-13-23(19)12-14-3-5-15(6-4-14)16-2-1-8-20-10-16/h2-11,13H,12H2,1H3;1-11,13H,12H2. The summed E-state index contributed by atoms with van der Waals surface area (Å²) < 4.78 is 8.38. The van der Waals surface area contributed by atoms with Crippen LogP contribution in [0.3, 0.4) is 0 Å². The lowest BCUT2D eigenvalue weighted by Gasteiger charge is -2.08. The van der Waals surface area contributed by atoms with Crippen molar-refractivity contribution >= 4 is 21.8 Å². The molecule has 6 aromatic heterocycles. The molecule has 0 aliphatic heterocycles. The Balaban J connectivity index is 0.000000157. The maximum absolute atomic E-state index is 12.6. The van der Waals surface area contributed by atoms with Crippen molar-refractivity contribution in [2.24, 2.45) is 0 Å². The van der Waals surface area contributed by atoms with Crippen LogP contribution in [0.1, 0.15) is 11.1 Å². The molecule has 8 rings (SSSR count). The summed E-state index contributed by atoms with van der Waals surface area (Å²) in [4.78, 5) is 49.9. The second-order valence-electron chi connectivity index (χ2n) is 11.4. The summed E-state index contributed by atoms with van der Waals surface area (Å²) in [7, 11) is 1.60. The van der Waals surface area contributed by atoms with E-state index in [1.807, 2.05) is 79.0 Å². The molecule has 6 heterocycles. The van der Waals surface area contributed by atoms with Crippen LogP contribution in [0.15, 0.2) is 151 Å². The van der Waals surface area contributed by atoms with E-state index in [-0.39, 0.29) is 11.1 Å². The normalized spacial score (nSPS) is 10.8. The monoisotopic (exact) mass is 658 g/mol. The van der Waals surface area contributed by atoms with E-state index in [0.717, 1.165) is 33.4 Å². The van der Waals surface area contributed by atoms with E-state index in [9.17, 15) is 9.59 Å². The summed E-state index contributed by atoms with van der Waals surface area (Å²) in [5.74, 6) is 0.579. The smallest absolute Gasteiger partial charge is 0.261 e. The van der Waals surface area contributed by atoms with Crippen molar-refractivity contribution in [3.8, 4) is 28.1 Å². The molecule has 0 aliphatic rings. The van der Waals surface area contributed by atoms with Crippen LogP contribution in [0, 0.1) is 0 Å². The third-order valence-corrected chi connectivity index (χ3v) is 8.14. The van der Waals surface area contributed by atoms with Gasteiger partial charge in [-0.25, -0.2) is 15.0 Å². The van der Waals surface area contributed by atoms with Gasteiger partial charge in [0.1, 0.15) is 0 Å². The molecule has 11 nitrogen and oxygen atoms in total. The molecule has 0 bridgehead atoms. The summed E-state index contributed by atoms with van der Waals surface area (Å²) in [6.45, 7) is 0.946. The van der Waals surface area contributed by atoms with Crippen LogP contribution in [0.5, 0.6) is 5.88 Å². The van der Waals surface area contributed by atoms with Crippen LogP contribution in [0.4, 0.5) is 0 Å². The topological polar surface area (TPSA) is 131 Å². The molecule has 8 aromatic rings. The van der Waals surface area contributed by atoms with Gasteiger partial charge >= 0.3 is 0 Å². The van der Waals surface area contributed by atoms with Crippen molar-refractivity contribution in [2.75, 3.05) is 7.11 Å². The zero-order valence-electron chi connectivity index (χ0n) is 27.0. The van der Waals surface area contributed by atoms with Gasteiger partial charge in [-0.15, -0.1) is 0 Å². The SMILES string of the molecule is COc1cc(-c2ccc(Cn3cnc4cnccc4c3=O)cc2)ccn1.O=c1c2ccncc2ncn1Cc1ccc(-c2cccnc2)cc1.